The lowest BCUT2D eigenvalue weighted by atomic mass is 9.86. The summed E-state index contributed by atoms with van der Waals surface area (Å²) in [5.74, 6) is 0.519. The van der Waals surface area contributed by atoms with E-state index < -0.39 is 0 Å². The standard InChI is InChI=1S/C14H28N2O2/c1-7-14(5,6)9-13(18)16-15-12(17)8-11(4)10(2)3/h10-11H,7-9H2,1-6H3,(H,15,17)(H,16,18). The average Bonchev–Trinajstić information content (AvgIpc) is 2.25. The predicted octanol–water partition coefficient (Wildman–Crippen LogP) is 2.64. The highest BCUT2D eigenvalue weighted by Gasteiger charge is 2.20. The van der Waals surface area contributed by atoms with E-state index in [4.69, 9.17) is 0 Å². The number of carbonyl (C=O) groups excluding carboxylic acids is 2. The van der Waals surface area contributed by atoms with Gasteiger partial charge >= 0.3 is 0 Å². The Bertz CT molecular complexity index is 286. The van der Waals surface area contributed by atoms with Crippen molar-refractivity contribution in [3.8, 4) is 0 Å². The number of rotatable bonds is 6. The molecule has 106 valence electrons. The largest absolute Gasteiger partial charge is 0.273 e. The summed E-state index contributed by atoms with van der Waals surface area (Å²) in [6.07, 6.45) is 1.79. The van der Waals surface area contributed by atoms with Gasteiger partial charge in [0, 0.05) is 12.8 Å². The normalized spacial score (nSPS) is 13.3. The maximum Gasteiger partial charge on any atom is 0.238 e. The molecule has 1 unspecified atom stereocenters. The van der Waals surface area contributed by atoms with Crippen molar-refractivity contribution in [1.82, 2.24) is 10.9 Å². The van der Waals surface area contributed by atoms with Gasteiger partial charge in [0.25, 0.3) is 0 Å². The van der Waals surface area contributed by atoms with Gasteiger partial charge in [-0.3, -0.25) is 20.4 Å². The summed E-state index contributed by atoms with van der Waals surface area (Å²) in [5, 5.41) is 0. The molecule has 18 heavy (non-hydrogen) atoms. The molecule has 0 aliphatic carbocycles. The fraction of sp³-hybridized carbons (Fsp3) is 0.857. The van der Waals surface area contributed by atoms with E-state index >= 15 is 0 Å². The van der Waals surface area contributed by atoms with Crippen LogP contribution in [0.15, 0.2) is 0 Å². The molecule has 0 aliphatic heterocycles. The summed E-state index contributed by atoms with van der Waals surface area (Å²) in [4.78, 5) is 23.2. The fourth-order valence-electron chi connectivity index (χ4n) is 1.32. The zero-order valence-electron chi connectivity index (χ0n) is 12.6. The maximum atomic E-state index is 11.6. The summed E-state index contributed by atoms with van der Waals surface area (Å²) in [6, 6.07) is 0. The molecule has 2 amide bonds. The summed E-state index contributed by atoms with van der Waals surface area (Å²) in [7, 11) is 0. The summed E-state index contributed by atoms with van der Waals surface area (Å²) < 4.78 is 0. The Morgan fingerprint density at radius 2 is 1.56 bits per heavy atom. The molecule has 0 radical (unpaired) electrons. The Morgan fingerprint density at radius 1 is 1.06 bits per heavy atom. The monoisotopic (exact) mass is 256 g/mol. The van der Waals surface area contributed by atoms with Crippen LogP contribution in [0.5, 0.6) is 0 Å². The van der Waals surface area contributed by atoms with Gasteiger partial charge in [0.1, 0.15) is 0 Å². The first-order chi connectivity index (χ1) is 8.18. The lowest BCUT2D eigenvalue weighted by Crippen LogP contribution is -2.43. The van der Waals surface area contributed by atoms with Gasteiger partial charge < -0.3 is 0 Å². The molecule has 0 bridgehead atoms. The van der Waals surface area contributed by atoms with E-state index in [1.54, 1.807) is 0 Å². The zero-order valence-corrected chi connectivity index (χ0v) is 12.6. The number of hydrogen-bond donors (Lipinski definition) is 2. The van der Waals surface area contributed by atoms with Crippen LogP contribution >= 0.6 is 0 Å². The van der Waals surface area contributed by atoms with E-state index in [-0.39, 0.29) is 17.2 Å². The summed E-state index contributed by atoms with van der Waals surface area (Å²) in [5.41, 5.74) is 4.93. The lowest BCUT2D eigenvalue weighted by molar-refractivity contribution is -0.130. The molecule has 0 rings (SSSR count). The van der Waals surface area contributed by atoms with Crippen molar-refractivity contribution in [1.29, 1.82) is 0 Å². The Balaban J connectivity index is 3.96. The minimum absolute atomic E-state index is 0.0277. The SMILES string of the molecule is CCC(C)(C)CC(=O)NNC(=O)CC(C)C(C)C. The second kappa shape index (κ2) is 7.39. The third kappa shape index (κ3) is 7.30. The third-order valence-electron chi connectivity index (χ3n) is 3.58. The van der Waals surface area contributed by atoms with Gasteiger partial charge in [0.15, 0.2) is 0 Å². The van der Waals surface area contributed by atoms with E-state index in [2.05, 4.69) is 31.6 Å². The molecular formula is C14H28N2O2. The van der Waals surface area contributed by atoms with E-state index in [1.165, 1.54) is 0 Å². The van der Waals surface area contributed by atoms with E-state index in [1.807, 2.05) is 20.8 Å². The molecule has 1 atom stereocenters. The minimum atomic E-state index is -0.132. The Kier molecular flexibility index (Phi) is 6.96. The average molecular weight is 256 g/mol. The van der Waals surface area contributed by atoms with Gasteiger partial charge in [-0.05, 0) is 17.3 Å². The van der Waals surface area contributed by atoms with Crippen molar-refractivity contribution in [3.05, 3.63) is 0 Å². The van der Waals surface area contributed by atoms with Crippen molar-refractivity contribution in [2.45, 2.75) is 60.8 Å². The molecule has 0 heterocycles. The molecule has 0 aromatic carbocycles. The van der Waals surface area contributed by atoms with Gasteiger partial charge in [-0.15, -0.1) is 0 Å². The van der Waals surface area contributed by atoms with E-state index in [0.717, 1.165) is 6.42 Å². The first-order valence-electron chi connectivity index (χ1n) is 6.75. The van der Waals surface area contributed by atoms with Crippen molar-refractivity contribution in [3.63, 3.8) is 0 Å². The number of hydrogen-bond acceptors (Lipinski definition) is 2. The van der Waals surface area contributed by atoms with Crippen LogP contribution in [0, 0.1) is 17.3 Å². The molecule has 2 N–H and O–H groups in total. The highest BCUT2D eigenvalue weighted by Crippen LogP contribution is 2.23. The van der Waals surface area contributed by atoms with Crippen molar-refractivity contribution in [2.24, 2.45) is 17.3 Å². The molecule has 0 spiro atoms. The molecule has 4 nitrogen and oxygen atoms in total. The van der Waals surface area contributed by atoms with E-state index in [9.17, 15) is 9.59 Å². The topological polar surface area (TPSA) is 58.2 Å². The zero-order chi connectivity index (χ0) is 14.3. The molecule has 4 heteroatoms. The molecule has 0 fully saturated rings. The first-order valence-corrected chi connectivity index (χ1v) is 6.75. The lowest BCUT2D eigenvalue weighted by Gasteiger charge is -2.22. The molecule has 0 saturated carbocycles. The Morgan fingerprint density at radius 3 is 2.00 bits per heavy atom. The van der Waals surface area contributed by atoms with Crippen LogP contribution in [0.4, 0.5) is 0 Å². The second-order valence-corrected chi connectivity index (χ2v) is 6.22. The quantitative estimate of drug-likeness (QED) is 0.718. The van der Waals surface area contributed by atoms with E-state index in [0.29, 0.717) is 24.7 Å². The fourth-order valence-corrected chi connectivity index (χ4v) is 1.32. The van der Waals surface area contributed by atoms with Gasteiger partial charge in [-0.25, -0.2) is 0 Å². The van der Waals surface area contributed by atoms with Crippen LogP contribution in [-0.2, 0) is 9.59 Å². The van der Waals surface area contributed by atoms with Crippen LogP contribution in [0.25, 0.3) is 0 Å². The number of amides is 2. The van der Waals surface area contributed by atoms with Crippen LogP contribution < -0.4 is 10.9 Å². The number of hydrazine groups is 1. The van der Waals surface area contributed by atoms with Crippen molar-refractivity contribution in [2.75, 3.05) is 0 Å². The first kappa shape index (κ1) is 16.9. The van der Waals surface area contributed by atoms with Crippen LogP contribution in [0.2, 0.25) is 0 Å². The second-order valence-electron chi connectivity index (χ2n) is 6.22. The van der Waals surface area contributed by atoms with Gasteiger partial charge in [-0.2, -0.15) is 0 Å². The predicted molar refractivity (Wildman–Crippen MR) is 73.6 cm³/mol. The Hall–Kier alpha value is -1.06. The molecule has 0 aromatic heterocycles. The van der Waals surface area contributed by atoms with Crippen LogP contribution in [-0.4, -0.2) is 11.8 Å². The minimum Gasteiger partial charge on any atom is -0.273 e. The van der Waals surface area contributed by atoms with Crippen LogP contribution in [0.3, 0.4) is 0 Å². The van der Waals surface area contributed by atoms with Gasteiger partial charge in [-0.1, -0.05) is 48.0 Å². The highest BCUT2D eigenvalue weighted by molar-refractivity contribution is 5.82. The maximum absolute atomic E-state index is 11.6. The summed E-state index contributed by atoms with van der Waals surface area (Å²) in [6.45, 7) is 12.3. The van der Waals surface area contributed by atoms with Gasteiger partial charge in [0.05, 0.1) is 0 Å². The Labute approximate surface area is 111 Å². The van der Waals surface area contributed by atoms with Crippen LogP contribution in [0.1, 0.15) is 60.8 Å². The number of nitrogens with one attached hydrogen (secondary N) is 2. The van der Waals surface area contributed by atoms with Gasteiger partial charge in [0.2, 0.25) is 11.8 Å². The number of carbonyl (C=O) groups is 2. The smallest absolute Gasteiger partial charge is 0.238 e. The van der Waals surface area contributed by atoms with Crippen molar-refractivity contribution < 1.29 is 9.59 Å². The molecular weight excluding hydrogens is 228 g/mol. The highest BCUT2D eigenvalue weighted by atomic mass is 16.2. The molecule has 0 aliphatic rings. The molecule has 0 aromatic rings. The van der Waals surface area contributed by atoms with Crippen molar-refractivity contribution >= 4 is 11.8 Å². The third-order valence-corrected chi connectivity index (χ3v) is 3.58. The molecule has 0 saturated heterocycles. The summed E-state index contributed by atoms with van der Waals surface area (Å²) >= 11 is 0.